The summed E-state index contributed by atoms with van der Waals surface area (Å²) in [6.07, 6.45) is 1.22. The molecule has 0 aromatic heterocycles. The molecule has 0 aliphatic rings. The van der Waals surface area contributed by atoms with Crippen LogP contribution in [0.1, 0.15) is 5.56 Å². The summed E-state index contributed by atoms with van der Waals surface area (Å²) in [6.45, 7) is 2.33. The van der Waals surface area contributed by atoms with Crippen molar-refractivity contribution in [3.63, 3.8) is 0 Å². The van der Waals surface area contributed by atoms with Crippen LogP contribution in [0.5, 0.6) is 0 Å². The van der Waals surface area contributed by atoms with Gasteiger partial charge in [0.05, 0.1) is 5.75 Å². The van der Waals surface area contributed by atoms with Crippen LogP contribution in [-0.4, -0.2) is 27.0 Å². The van der Waals surface area contributed by atoms with E-state index in [1.807, 2.05) is 19.1 Å². The van der Waals surface area contributed by atoms with E-state index in [1.165, 1.54) is 6.26 Å². The van der Waals surface area contributed by atoms with E-state index < -0.39 is 9.84 Å². The Balaban J connectivity index is 2.55. The predicted octanol–water partition coefficient (Wildman–Crippen LogP) is 1.03. The predicted molar refractivity (Wildman–Crippen MR) is 63.8 cm³/mol. The Morgan fingerprint density at radius 3 is 2.60 bits per heavy atom. The number of sulfone groups is 1. The van der Waals surface area contributed by atoms with Crippen LogP contribution in [-0.2, 0) is 9.84 Å². The summed E-state index contributed by atoms with van der Waals surface area (Å²) in [5.41, 5.74) is 8.29. The van der Waals surface area contributed by atoms with Crippen LogP contribution in [0.15, 0.2) is 18.2 Å². The van der Waals surface area contributed by atoms with E-state index >= 15 is 0 Å². The minimum atomic E-state index is -2.91. The lowest BCUT2D eigenvalue weighted by Gasteiger charge is -2.07. The van der Waals surface area contributed by atoms with E-state index in [4.69, 9.17) is 5.73 Å². The summed E-state index contributed by atoms with van der Waals surface area (Å²) in [7, 11) is -2.91. The van der Waals surface area contributed by atoms with Gasteiger partial charge in [-0.15, -0.1) is 0 Å². The third kappa shape index (κ3) is 4.20. The lowest BCUT2D eigenvalue weighted by atomic mass is 10.2. The highest BCUT2D eigenvalue weighted by Crippen LogP contribution is 2.16. The fraction of sp³-hybridized carbons (Fsp3) is 0.400. The van der Waals surface area contributed by atoms with Crippen LogP contribution < -0.4 is 11.1 Å². The second kappa shape index (κ2) is 4.53. The maximum absolute atomic E-state index is 10.9. The van der Waals surface area contributed by atoms with Crippen LogP contribution in [0.4, 0.5) is 11.4 Å². The first kappa shape index (κ1) is 11.8. The largest absolute Gasteiger partial charge is 0.398 e. The van der Waals surface area contributed by atoms with Gasteiger partial charge in [0.1, 0.15) is 9.84 Å². The monoisotopic (exact) mass is 228 g/mol. The summed E-state index contributed by atoms with van der Waals surface area (Å²) in [6, 6.07) is 5.59. The molecule has 84 valence electrons. The Kier molecular flexibility index (Phi) is 3.57. The van der Waals surface area contributed by atoms with Crippen molar-refractivity contribution < 1.29 is 8.42 Å². The number of nitrogens with one attached hydrogen (secondary N) is 1. The van der Waals surface area contributed by atoms with E-state index in [2.05, 4.69) is 5.32 Å². The Labute approximate surface area is 90.4 Å². The molecular formula is C10H16N2O2S. The topological polar surface area (TPSA) is 72.2 Å². The minimum Gasteiger partial charge on any atom is -0.398 e. The molecule has 0 fully saturated rings. The van der Waals surface area contributed by atoms with Crippen molar-refractivity contribution in [1.82, 2.24) is 0 Å². The highest BCUT2D eigenvalue weighted by Gasteiger charge is 2.01. The average Bonchev–Trinajstić information content (AvgIpc) is 2.09. The van der Waals surface area contributed by atoms with Gasteiger partial charge in [0.2, 0.25) is 0 Å². The van der Waals surface area contributed by atoms with Crippen LogP contribution in [0.3, 0.4) is 0 Å². The molecule has 0 amide bonds. The maximum atomic E-state index is 10.9. The summed E-state index contributed by atoms with van der Waals surface area (Å²) in [5.74, 6) is 0.126. The van der Waals surface area contributed by atoms with Crippen LogP contribution >= 0.6 is 0 Å². The van der Waals surface area contributed by atoms with Gasteiger partial charge in [0.15, 0.2) is 0 Å². The fourth-order valence-electron chi connectivity index (χ4n) is 1.13. The zero-order valence-corrected chi connectivity index (χ0v) is 9.76. The van der Waals surface area contributed by atoms with Gasteiger partial charge in [0.25, 0.3) is 0 Å². The Morgan fingerprint density at radius 1 is 1.40 bits per heavy atom. The second-order valence-corrected chi connectivity index (χ2v) is 5.89. The standard InChI is InChI=1S/C10H16N2O2S/c1-8-3-4-9(7-10(8)11)12-5-6-15(2,13)14/h3-4,7,12H,5-6,11H2,1-2H3. The third-order valence-electron chi connectivity index (χ3n) is 2.08. The lowest BCUT2D eigenvalue weighted by Crippen LogP contribution is -2.14. The van der Waals surface area contributed by atoms with Crippen LogP contribution in [0.25, 0.3) is 0 Å². The molecular weight excluding hydrogens is 212 g/mol. The van der Waals surface area contributed by atoms with E-state index in [0.717, 1.165) is 11.3 Å². The molecule has 1 aromatic carbocycles. The minimum absolute atomic E-state index is 0.126. The molecule has 0 unspecified atom stereocenters. The number of benzene rings is 1. The number of aryl methyl sites for hydroxylation is 1. The van der Waals surface area contributed by atoms with Crippen LogP contribution in [0.2, 0.25) is 0 Å². The van der Waals surface area contributed by atoms with Gasteiger partial charge >= 0.3 is 0 Å². The lowest BCUT2D eigenvalue weighted by molar-refractivity contribution is 0.602. The number of nitrogen functional groups attached to an aromatic ring is 1. The first-order valence-electron chi connectivity index (χ1n) is 4.66. The molecule has 0 heterocycles. The molecule has 0 atom stereocenters. The molecule has 0 saturated carbocycles. The smallest absolute Gasteiger partial charge is 0.149 e. The quantitative estimate of drug-likeness (QED) is 0.755. The van der Waals surface area contributed by atoms with Gasteiger partial charge in [-0.3, -0.25) is 0 Å². The maximum Gasteiger partial charge on any atom is 0.149 e. The van der Waals surface area contributed by atoms with E-state index in [1.54, 1.807) is 6.07 Å². The molecule has 0 aliphatic heterocycles. The molecule has 4 nitrogen and oxygen atoms in total. The number of hydrogen-bond acceptors (Lipinski definition) is 4. The molecule has 3 N–H and O–H groups in total. The Hall–Kier alpha value is -1.23. The van der Waals surface area contributed by atoms with Crippen molar-refractivity contribution in [2.24, 2.45) is 0 Å². The van der Waals surface area contributed by atoms with Gasteiger partial charge in [-0.05, 0) is 24.6 Å². The van der Waals surface area contributed by atoms with Gasteiger partial charge in [-0.25, -0.2) is 8.42 Å². The number of rotatable bonds is 4. The first-order chi connectivity index (χ1) is 6.88. The first-order valence-corrected chi connectivity index (χ1v) is 6.72. The van der Waals surface area contributed by atoms with Crippen molar-refractivity contribution in [2.75, 3.05) is 29.6 Å². The van der Waals surface area contributed by atoms with Crippen molar-refractivity contribution in [1.29, 1.82) is 0 Å². The number of anilines is 2. The SMILES string of the molecule is Cc1ccc(NCCS(C)(=O)=O)cc1N. The molecule has 0 bridgehead atoms. The van der Waals surface area contributed by atoms with Gasteiger partial charge in [-0.2, -0.15) is 0 Å². The van der Waals surface area contributed by atoms with Crippen molar-refractivity contribution in [2.45, 2.75) is 6.92 Å². The average molecular weight is 228 g/mol. The molecule has 0 aliphatic carbocycles. The third-order valence-corrected chi connectivity index (χ3v) is 3.03. The molecule has 15 heavy (non-hydrogen) atoms. The Morgan fingerprint density at radius 2 is 2.07 bits per heavy atom. The molecule has 1 aromatic rings. The zero-order chi connectivity index (χ0) is 11.5. The number of hydrogen-bond donors (Lipinski definition) is 2. The molecule has 0 spiro atoms. The highest BCUT2D eigenvalue weighted by molar-refractivity contribution is 7.90. The molecule has 0 radical (unpaired) electrons. The van der Waals surface area contributed by atoms with E-state index in [-0.39, 0.29) is 5.75 Å². The van der Waals surface area contributed by atoms with Gasteiger partial charge in [0, 0.05) is 24.2 Å². The summed E-state index contributed by atoms with van der Waals surface area (Å²) < 4.78 is 21.8. The summed E-state index contributed by atoms with van der Waals surface area (Å²) in [4.78, 5) is 0. The zero-order valence-electron chi connectivity index (χ0n) is 8.95. The summed E-state index contributed by atoms with van der Waals surface area (Å²) >= 11 is 0. The van der Waals surface area contributed by atoms with E-state index in [0.29, 0.717) is 12.2 Å². The molecule has 0 saturated heterocycles. The van der Waals surface area contributed by atoms with Crippen molar-refractivity contribution in [3.8, 4) is 0 Å². The fourth-order valence-corrected chi connectivity index (χ4v) is 1.60. The second-order valence-electron chi connectivity index (χ2n) is 3.63. The van der Waals surface area contributed by atoms with Crippen LogP contribution in [0, 0.1) is 6.92 Å². The Bertz CT molecular complexity index is 441. The normalized spacial score (nSPS) is 11.3. The van der Waals surface area contributed by atoms with Crippen molar-refractivity contribution >= 4 is 21.2 Å². The number of nitrogens with two attached hydrogens (primary N) is 1. The van der Waals surface area contributed by atoms with Gasteiger partial charge < -0.3 is 11.1 Å². The van der Waals surface area contributed by atoms with Gasteiger partial charge in [-0.1, -0.05) is 6.07 Å². The summed E-state index contributed by atoms with van der Waals surface area (Å²) in [5, 5.41) is 3.01. The molecule has 5 heteroatoms. The molecule has 1 rings (SSSR count). The highest BCUT2D eigenvalue weighted by atomic mass is 32.2. The van der Waals surface area contributed by atoms with E-state index in [9.17, 15) is 8.42 Å². The van der Waals surface area contributed by atoms with Crippen molar-refractivity contribution in [3.05, 3.63) is 23.8 Å².